The first-order valence-electron chi connectivity index (χ1n) is 7.58. The molecule has 2 heterocycles. The van der Waals surface area contributed by atoms with Crippen molar-refractivity contribution in [3.05, 3.63) is 42.0 Å². The van der Waals surface area contributed by atoms with Gasteiger partial charge in [-0.25, -0.2) is 13.4 Å². The monoisotopic (exact) mass is 349 g/mol. The predicted molar refractivity (Wildman–Crippen MR) is 89.3 cm³/mol. The van der Waals surface area contributed by atoms with E-state index in [0.717, 1.165) is 5.56 Å². The van der Waals surface area contributed by atoms with Gasteiger partial charge in [0, 0.05) is 18.2 Å². The molecule has 1 amide bonds. The minimum absolute atomic E-state index is 0.111. The molecule has 128 valence electrons. The Morgan fingerprint density at radius 3 is 2.88 bits per heavy atom. The van der Waals surface area contributed by atoms with Gasteiger partial charge in [0.25, 0.3) is 5.91 Å². The summed E-state index contributed by atoms with van der Waals surface area (Å²) in [6, 6.07) is 5.00. The molecule has 1 unspecified atom stereocenters. The molecule has 3 rings (SSSR count). The fourth-order valence-corrected chi connectivity index (χ4v) is 3.78. The highest BCUT2D eigenvalue weighted by Gasteiger charge is 2.26. The van der Waals surface area contributed by atoms with E-state index in [1.54, 1.807) is 29.2 Å². The summed E-state index contributed by atoms with van der Waals surface area (Å²) < 4.78 is 26.5. The maximum atomic E-state index is 12.4. The van der Waals surface area contributed by atoms with Crippen molar-refractivity contribution in [2.75, 3.05) is 17.1 Å². The van der Waals surface area contributed by atoms with Crippen LogP contribution in [0, 0.1) is 0 Å². The molecule has 0 fully saturated rings. The molecule has 1 atom stereocenters. The first-order valence-corrected chi connectivity index (χ1v) is 9.43. The lowest BCUT2D eigenvalue weighted by atomic mass is 10.1. The Morgan fingerprint density at radius 2 is 2.21 bits per heavy atom. The van der Waals surface area contributed by atoms with E-state index in [9.17, 15) is 13.2 Å². The predicted octanol–water partition coefficient (Wildman–Crippen LogP) is 0.419. The van der Waals surface area contributed by atoms with Gasteiger partial charge in [-0.15, -0.1) is 0 Å². The van der Waals surface area contributed by atoms with Crippen molar-refractivity contribution in [2.45, 2.75) is 25.9 Å². The number of aromatic nitrogens is 3. The number of fused-ring (bicyclic) bond motifs is 1. The zero-order valence-corrected chi connectivity index (χ0v) is 14.3. The number of nitrogens with zero attached hydrogens (tertiary/aromatic N) is 4. The molecule has 1 aromatic heterocycles. The van der Waals surface area contributed by atoms with E-state index in [1.165, 1.54) is 16.9 Å². The van der Waals surface area contributed by atoms with Crippen molar-refractivity contribution in [3.8, 4) is 0 Å². The number of carbonyl (C=O) groups excluding carboxylic acids is 1. The Kier molecular flexibility index (Phi) is 4.27. The van der Waals surface area contributed by atoms with Crippen LogP contribution in [0.2, 0.25) is 0 Å². The van der Waals surface area contributed by atoms with E-state index >= 15 is 0 Å². The molecule has 9 heteroatoms. The van der Waals surface area contributed by atoms with Gasteiger partial charge >= 0.3 is 0 Å². The Hall–Kier alpha value is -2.42. The lowest BCUT2D eigenvalue weighted by Crippen LogP contribution is -2.35. The van der Waals surface area contributed by atoms with Crippen LogP contribution in [0.15, 0.2) is 30.9 Å². The number of hydrogen-bond donors (Lipinski definition) is 1. The summed E-state index contributed by atoms with van der Waals surface area (Å²) in [5.74, 6) is -0.191. The maximum absolute atomic E-state index is 12.4. The third kappa shape index (κ3) is 3.40. The van der Waals surface area contributed by atoms with Gasteiger partial charge in [0.05, 0.1) is 18.5 Å². The molecule has 0 saturated heterocycles. The van der Waals surface area contributed by atoms with Gasteiger partial charge in [-0.05, 0) is 37.1 Å². The van der Waals surface area contributed by atoms with Crippen LogP contribution in [0.1, 0.15) is 22.8 Å². The normalized spacial score (nSPS) is 15.2. The number of anilines is 1. The van der Waals surface area contributed by atoms with Crippen molar-refractivity contribution >= 4 is 21.6 Å². The van der Waals surface area contributed by atoms with E-state index in [1.807, 2.05) is 6.92 Å². The molecular formula is C15H19N5O3S. The number of sulfonamides is 1. The van der Waals surface area contributed by atoms with Crippen LogP contribution in [0.4, 0.5) is 5.69 Å². The summed E-state index contributed by atoms with van der Waals surface area (Å²) >= 11 is 0. The Balaban J connectivity index is 1.71. The number of benzene rings is 1. The number of hydrogen-bond acceptors (Lipinski definition) is 5. The Bertz CT molecular complexity index is 848. The zero-order valence-electron chi connectivity index (χ0n) is 13.5. The van der Waals surface area contributed by atoms with E-state index in [4.69, 9.17) is 0 Å². The minimum atomic E-state index is -3.28. The van der Waals surface area contributed by atoms with E-state index < -0.39 is 10.0 Å². The first kappa shape index (κ1) is 16.4. The molecule has 0 aliphatic carbocycles. The molecule has 0 spiro atoms. The Morgan fingerprint density at radius 1 is 1.42 bits per heavy atom. The van der Waals surface area contributed by atoms with Gasteiger partial charge in [-0.2, -0.15) is 5.10 Å². The molecule has 1 aliphatic heterocycles. The van der Waals surface area contributed by atoms with Crippen LogP contribution in [0.5, 0.6) is 0 Å². The standard InChI is InChI=1S/C15H19N5O3S/c1-11(8-19-10-16-9-17-19)18-15(21)13-3-4-14-12(7-13)5-6-20(14)24(2,22)23/h3-4,7,9-11H,5-6,8H2,1-2H3,(H,18,21). The van der Waals surface area contributed by atoms with E-state index in [2.05, 4.69) is 15.4 Å². The second kappa shape index (κ2) is 6.23. The quantitative estimate of drug-likeness (QED) is 0.844. The van der Waals surface area contributed by atoms with Crippen LogP contribution in [-0.2, 0) is 23.0 Å². The second-order valence-corrected chi connectivity index (χ2v) is 7.83. The average Bonchev–Trinajstić information content (AvgIpc) is 3.14. The SMILES string of the molecule is CC(Cn1cncn1)NC(=O)c1ccc2c(c1)CCN2S(C)(=O)=O. The van der Waals surface area contributed by atoms with Gasteiger partial charge in [0.15, 0.2) is 0 Å². The molecular weight excluding hydrogens is 330 g/mol. The number of rotatable bonds is 5. The number of carbonyl (C=O) groups is 1. The second-order valence-electron chi connectivity index (χ2n) is 5.92. The third-order valence-electron chi connectivity index (χ3n) is 3.90. The highest BCUT2D eigenvalue weighted by atomic mass is 32.2. The van der Waals surface area contributed by atoms with Crippen LogP contribution < -0.4 is 9.62 Å². The van der Waals surface area contributed by atoms with Gasteiger partial charge in [-0.1, -0.05) is 0 Å². The fourth-order valence-electron chi connectivity index (χ4n) is 2.82. The summed E-state index contributed by atoms with van der Waals surface area (Å²) in [6.07, 6.45) is 4.84. The summed E-state index contributed by atoms with van der Waals surface area (Å²) in [6.45, 7) is 2.83. The molecule has 0 bridgehead atoms. The zero-order chi connectivity index (χ0) is 17.3. The lowest BCUT2D eigenvalue weighted by Gasteiger charge is -2.17. The molecule has 0 radical (unpaired) electrons. The highest BCUT2D eigenvalue weighted by molar-refractivity contribution is 7.92. The van der Waals surface area contributed by atoms with Crippen LogP contribution in [-0.4, -0.2) is 47.9 Å². The highest BCUT2D eigenvalue weighted by Crippen LogP contribution is 2.30. The van der Waals surface area contributed by atoms with Crippen LogP contribution in [0.25, 0.3) is 0 Å². The minimum Gasteiger partial charge on any atom is -0.348 e. The van der Waals surface area contributed by atoms with Crippen molar-refractivity contribution in [2.24, 2.45) is 0 Å². The fraction of sp³-hybridized carbons (Fsp3) is 0.400. The Labute approximate surface area is 140 Å². The third-order valence-corrected chi connectivity index (χ3v) is 5.08. The molecule has 1 aromatic carbocycles. The summed E-state index contributed by atoms with van der Waals surface area (Å²) in [7, 11) is -3.28. The van der Waals surface area contributed by atoms with Gasteiger partial charge < -0.3 is 5.32 Å². The van der Waals surface area contributed by atoms with Crippen molar-refractivity contribution < 1.29 is 13.2 Å². The summed E-state index contributed by atoms with van der Waals surface area (Å²) in [4.78, 5) is 16.2. The molecule has 0 saturated carbocycles. The first-order chi connectivity index (χ1) is 11.3. The van der Waals surface area contributed by atoms with Crippen molar-refractivity contribution in [3.63, 3.8) is 0 Å². The maximum Gasteiger partial charge on any atom is 0.251 e. The summed E-state index contributed by atoms with van der Waals surface area (Å²) in [5.41, 5.74) is 2.05. The molecule has 24 heavy (non-hydrogen) atoms. The van der Waals surface area contributed by atoms with Gasteiger partial charge in [-0.3, -0.25) is 13.8 Å². The van der Waals surface area contributed by atoms with E-state index in [0.29, 0.717) is 30.8 Å². The lowest BCUT2D eigenvalue weighted by molar-refractivity contribution is 0.0936. The summed E-state index contributed by atoms with van der Waals surface area (Å²) in [5, 5.41) is 6.91. The molecule has 1 aliphatic rings. The average molecular weight is 349 g/mol. The van der Waals surface area contributed by atoms with Gasteiger partial charge in [0.2, 0.25) is 10.0 Å². The number of nitrogens with one attached hydrogen (secondary N) is 1. The molecule has 8 nitrogen and oxygen atoms in total. The van der Waals surface area contributed by atoms with Crippen molar-refractivity contribution in [1.82, 2.24) is 20.1 Å². The number of amides is 1. The van der Waals surface area contributed by atoms with Crippen LogP contribution in [0.3, 0.4) is 0 Å². The largest absolute Gasteiger partial charge is 0.348 e. The van der Waals surface area contributed by atoms with Crippen molar-refractivity contribution in [1.29, 1.82) is 0 Å². The smallest absolute Gasteiger partial charge is 0.251 e. The molecule has 2 aromatic rings. The van der Waals surface area contributed by atoms with E-state index in [-0.39, 0.29) is 11.9 Å². The van der Waals surface area contributed by atoms with Crippen LogP contribution >= 0.6 is 0 Å². The van der Waals surface area contributed by atoms with Gasteiger partial charge in [0.1, 0.15) is 12.7 Å². The topological polar surface area (TPSA) is 97.2 Å². The molecule has 1 N–H and O–H groups in total.